The number of benzene rings is 6. The number of aromatic nitrogens is 2. The second-order valence-electron chi connectivity index (χ2n) is 10.7. The van der Waals surface area contributed by atoms with Crippen molar-refractivity contribution in [1.29, 1.82) is 15.8 Å². The molecule has 0 aliphatic rings. The topological polar surface area (TPSA) is 81.2 Å². The van der Waals surface area contributed by atoms with Crippen LogP contribution in [0.3, 0.4) is 0 Å². The monoisotopic (exact) mass is 559 g/mol. The second-order valence-corrected chi connectivity index (χ2v) is 10.7. The Labute approximate surface area is 252 Å². The molecule has 0 aliphatic carbocycles. The van der Waals surface area contributed by atoms with Gasteiger partial charge in [0.15, 0.2) is 0 Å². The fourth-order valence-electron chi connectivity index (χ4n) is 6.62. The summed E-state index contributed by atoms with van der Waals surface area (Å²) in [4.78, 5) is 0. The van der Waals surface area contributed by atoms with Gasteiger partial charge in [0, 0.05) is 27.1 Å². The average Bonchev–Trinajstić information content (AvgIpc) is 3.60. The van der Waals surface area contributed by atoms with Gasteiger partial charge in [-0.25, -0.2) is 0 Å². The van der Waals surface area contributed by atoms with Gasteiger partial charge in [0.25, 0.3) is 0 Å². The Hall–Kier alpha value is -6.61. The molecule has 0 amide bonds. The zero-order valence-electron chi connectivity index (χ0n) is 23.4. The number of para-hydroxylation sites is 4. The van der Waals surface area contributed by atoms with E-state index < -0.39 is 0 Å². The first-order valence-electron chi connectivity index (χ1n) is 14.2. The number of hydrogen-bond acceptors (Lipinski definition) is 3. The molecule has 0 saturated carbocycles. The van der Waals surface area contributed by atoms with E-state index in [2.05, 4.69) is 75.9 Å². The van der Waals surface area contributed by atoms with Crippen molar-refractivity contribution in [3.8, 4) is 40.7 Å². The van der Waals surface area contributed by atoms with Crippen molar-refractivity contribution in [2.45, 2.75) is 0 Å². The first-order valence-corrected chi connectivity index (χ1v) is 14.2. The Morgan fingerprint density at radius 3 is 1.30 bits per heavy atom. The summed E-state index contributed by atoms with van der Waals surface area (Å²) in [6.07, 6.45) is 0. The molecule has 8 aromatic rings. The van der Waals surface area contributed by atoms with E-state index in [1.54, 1.807) is 6.07 Å². The SMILES string of the molecule is N#Cc1cc(-c2c(-n3c4ccccc4c4ccccc43)ccc(C#N)c2C#N)ccc1-n1c2ccccc2c2ccccc21. The molecule has 6 aromatic carbocycles. The summed E-state index contributed by atoms with van der Waals surface area (Å²) in [5.41, 5.74) is 7.86. The fourth-order valence-corrected chi connectivity index (χ4v) is 6.62. The lowest BCUT2D eigenvalue weighted by Crippen LogP contribution is -2.03. The minimum Gasteiger partial charge on any atom is -0.309 e. The molecule has 0 unspecified atom stereocenters. The third kappa shape index (κ3) is 3.50. The van der Waals surface area contributed by atoms with Gasteiger partial charge in [0.2, 0.25) is 0 Å². The summed E-state index contributed by atoms with van der Waals surface area (Å²) >= 11 is 0. The van der Waals surface area contributed by atoms with E-state index in [1.165, 1.54) is 0 Å². The smallest absolute Gasteiger partial charge is 0.101 e. The molecule has 0 aliphatic heterocycles. The first kappa shape index (κ1) is 25.1. The standard InChI is InChI=1S/C39H21N5/c40-22-26-18-20-38(44-36-15-7-3-11-30(36)31-12-4-8-16-37(31)44)39(32(26)24-42)25-17-19-33(27(21-25)23-41)43-34-13-5-1-9-28(34)29-10-2-6-14-35(29)43/h1-21H. The van der Waals surface area contributed by atoms with Crippen LogP contribution in [-0.2, 0) is 0 Å². The zero-order chi connectivity index (χ0) is 29.8. The molecule has 202 valence electrons. The normalized spacial score (nSPS) is 11.1. The quantitative estimate of drug-likeness (QED) is 0.216. The molecule has 0 bridgehead atoms. The molecule has 2 heterocycles. The van der Waals surface area contributed by atoms with E-state index in [0.29, 0.717) is 16.7 Å². The highest BCUT2D eigenvalue weighted by atomic mass is 15.0. The highest BCUT2D eigenvalue weighted by molar-refractivity contribution is 6.11. The van der Waals surface area contributed by atoms with Crippen molar-refractivity contribution in [1.82, 2.24) is 9.13 Å². The van der Waals surface area contributed by atoms with Gasteiger partial charge >= 0.3 is 0 Å². The summed E-state index contributed by atoms with van der Waals surface area (Å²) in [5, 5.41) is 35.3. The van der Waals surface area contributed by atoms with Crippen LogP contribution in [0, 0.1) is 34.0 Å². The fraction of sp³-hybridized carbons (Fsp3) is 0. The van der Waals surface area contributed by atoms with Crippen LogP contribution < -0.4 is 0 Å². The van der Waals surface area contributed by atoms with Crippen molar-refractivity contribution in [3.05, 3.63) is 144 Å². The first-order chi connectivity index (χ1) is 21.7. The lowest BCUT2D eigenvalue weighted by atomic mass is 9.93. The number of fused-ring (bicyclic) bond motifs is 6. The van der Waals surface area contributed by atoms with E-state index in [-0.39, 0.29) is 11.1 Å². The van der Waals surface area contributed by atoms with Crippen LogP contribution >= 0.6 is 0 Å². The molecule has 44 heavy (non-hydrogen) atoms. The van der Waals surface area contributed by atoms with Crippen LogP contribution in [0.5, 0.6) is 0 Å². The molecule has 0 spiro atoms. The molecule has 0 N–H and O–H groups in total. The maximum atomic E-state index is 10.5. The molecule has 2 aromatic heterocycles. The number of nitriles is 3. The summed E-state index contributed by atoms with van der Waals surface area (Å²) < 4.78 is 4.27. The Morgan fingerprint density at radius 2 is 0.841 bits per heavy atom. The van der Waals surface area contributed by atoms with Gasteiger partial charge in [-0.15, -0.1) is 0 Å². The van der Waals surface area contributed by atoms with Crippen molar-refractivity contribution >= 4 is 43.6 Å². The average molecular weight is 560 g/mol. The van der Waals surface area contributed by atoms with Crippen molar-refractivity contribution in [3.63, 3.8) is 0 Å². The molecule has 5 heteroatoms. The predicted octanol–water partition coefficient (Wildman–Crippen LogP) is 9.16. The third-order valence-corrected chi connectivity index (χ3v) is 8.46. The minimum absolute atomic E-state index is 0.278. The van der Waals surface area contributed by atoms with Crippen molar-refractivity contribution in [2.24, 2.45) is 0 Å². The Kier molecular flexibility index (Phi) is 5.56. The van der Waals surface area contributed by atoms with Gasteiger partial charge in [-0.1, -0.05) is 78.9 Å². The van der Waals surface area contributed by atoms with E-state index in [4.69, 9.17) is 0 Å². The van der Waals surface area contributed by atoms with Crippen molar-refractivity contribution in [2.75, 3.05) is 0 Å². The third-order valence-electron chi connectivity index (χ3n) is 8.46. The van der Waals surface area contributed by atoms with Crippen molar-refractivity contribution < 1.29 is 0 Å². The van der Waals surface area contributed by atoms with Gasteiger partial charge in [-0.3, -0.25) is 0 Å². The van der Waals surface area contributed by atoms with E-state index in [1.807, 2.05) is 72.8 Å². The molecule has 0 radical (unpaired) electrons. The number of hydrogen-bond donors (Lipinski definition) is 0. The molecule has 0 atom stereocenters. The van der Waals surface area contributed by atoms with Crippen LogP contribution in [0.2, 0.25) is 0 Å². The largest absolute Gasteiger partial charge is 0.309 e. The van der Waals surface area contributed by atoms with Gasteiger partial charge < -0.3 is 9.13 Å². The van der Waals surface area contributed by atoms with Crippen LogP contribution in [0.4, 0.5) is 0 Å². The molecule has 8 rings (SSSR count). The molecule has 0 saturated heterocycles. The molecule has 5 nitrogen and oxygen atoms in total. The highest BCUT2D eigenvalue weighted by Gasteiger charge is 2.22. The Balaban J connectivity index is 1.44. The molecular weight excluding hydrogens is 538 g/mol. The predicted molar refractivity (Wildman–Crippen MR) is 175 cm³/mol. The van der Waals surface area contributed by atoms with Crippen LogP contribution in [-0.4, -0.2) is 9.13 Å². The van der Waals surface area contributed by atoms with Crippen LogP contribution in [0.1, 0.15) is 16.7 Å². The van der Waals surface area contributed by atoms with Crippen LogP contribution in [0.25, 0.3) is 66.1 Å². The van der Waals surface area contributed by atoms with E-state index in [9.17, 15) is 15.8 Å². The van der Waals surface area contributed by atoms with Gasteiger partial charge in [-0.2, -0.15) is 15.8 Å². The number of rotatable bonds is 3. The van der Waals surface area contributed by atoms with Crippen LogP contribution in [0.15, 0.2) is 127 Å². The van der Waals surface area contributed by atoms with E-state index in [0.717, 1.165) is 55.0 Å². The zero-order valence-corrected chi connectivity index (χ0v) is 23.4. The lowest BCUT2D eigenvalue weighted by molar-refractivity contribution is 1.16. The Morgan fingerprint density at radius 1 is 0.409 bits per heavy atom. The second kappa shape index (κ2) is 9.74. The highest BCUT2D eigenvalue weighted by Crippen LogP contribution is 2.40. The molecule has 0 fully saturated rings. The summed E-state index contributed by atoms with van der Waals surface area (Å²) in [7, 11) is 0. The van der Waals surface area contributed by atoms with Gasteiger partial charge in [0.05, 0.1) is 50.1 Å². The maximum Gasteiger partial charge on any atom is 0.101 e. The summed E-state index contributed by atoms with van der Waals surface area (Å²) in [6, 6.07) is 49.0. The summed E-state index contributed by atoms with van der Waals surface area (Å²) in [5.74, 6) is 0. The van der Waals surface area contributed by atoms with Gasteiger partial charge in [0.1, 0.15) is 18.2 Å². The van der Waals surface area contributed by atoms with Gasteiger partial charge in [-0.05, 0) is 54.1 Å². The summed E-state index contributed by atoms with van der Waals surface area (Å²) in [6.45, 7) is 0. The minimum atomic E-state index is 0.278. The molecular formula is C39H21N5. The number of nitrogens with zero attached hydrogens (tertiary/aromatic N) is 5. The lowest BCUT2D eigenvalue weighted by Gasteiger charge is -2.18. The Bertz CT molecular complexity index is 2490. The maximum absolute atomic E-state index is 10.5. The van der Waals surface area contributed by atoms with E-state index >= 15 is 0 Å².